The summed E-state index contributed by atoms with van der Waals surface area (Å²) in [5, 5.41) is 6.06. The fourth-order valence-corrected chi connectivity index (χ4v) is 3.84. The van der Waals surface area contributed by atoms with E-state index in [2.05, 4.69) is 33.5 Å². The van der Waals surface area contributed by atoms with Crippen LogP contribution in [0.25, 0.3) is 0 Å². The molecule has 0 radical (unpaired) electrons. The van der Waals surface area contributed by atoms with E-state index in [1.165, 1.54) is 19.3 Å². The number of nitrogens with one attached hydrogen (secondary N) is 3. The zero-order chi connectivity index (χ0) is 18.4. The van der Waals surface area contributed by atoms with E-state index in [1.807, 2.05) is 32.2 Å². The molecule has 1 saturated carbocycles. The maximum atomic E-state index is 12.2. The van der Waals surface area contributed by atoms with Gasteiger partial charge in [-0.2, -0.15) is 0 Å². The van der Waals surface area contributed by atoms with E-state index in [0.29, 0.717) is 12.5 Å². The van der Waals surface area contributed by atoms with Gasteiger partial charge in [0.15, 0.2) is 13.1 Å². The van der Waals surface area contributed by atoms with Crippen LogP contribution in [0.3, 0.4) is 0 Å². The fourth-order valence-electron chi connectivity index (χ4n) is 3.36. The number of carbonyl (C=O) groups is 2. The zero-order valence-electron chi connectivity index (χ0n) is 15.3. The number of halogens is 1. The Bertz CT molecular complexity index is 621. The maximum absolute atomic E-state index is 12.2. The van der Waals surface area contributed by atoms with Crippen molar-refractivity contribution in [1.29, 1.82) is 0 Å². The van der Waals surface area contributed by atoms with Gasteiger partial charge >= 0.3 is 0 Å². The second-order valence-electron chi connectivity index (χ2n) is 7.25. The molecular weight excluding hydrogens is 382 g/mol. The minimum absolute atomic E-state index is 0.0314. The van der Waals surface area contributed by atoms with Gasteiger partial charge in [-0.1, -0.05) is 35.7 Å². The maximum Gasteiger partial charge on any atom is 0.279 e. The number of hydrogen-bond acceptors (Lipinski definition) is 2. The molecule has 0 saturated heterocycles. The Labute approximate surface area is 158 Å². The molecule has 138 valence electrons. The van der Waals surface area contributed by atoms with Crippen LogP contribution in [0.1, 0.15) is 38.2 Å². The summed E-state index contributed by atoms with van der Waals surface area (Å²) in [5.74, 6) is 0.493. The Morgan fingerprint density at radius 2 is 1.88 bits per heavy atom. The summed E-state index contributed by atoms with van der Waals surface area (Å²) < 4.78 is 0.986. The lowest BCUT2D eigenvalue weighted by atomic mass is 9.86. The van der Waals surface area contributed by atoms with Gasteiger partial charge in [0.2, 0.25) is 0 Å². The normalized spacial score (nSPS) is 21.4. The highest BCUT2D eigenvalue weighted by Gasteiger charge is 2.24. The van der Waals surface area contributed by atoms with E-state index in [1.54, 1.807) is 0 Å². The summed E-state index contributed by atoms with van der Waals surface area (Å²) in [7, 11) is 1.87. The smallest absolute Gasteiger partial charge is 0.279 e. The van der Waals surface area contributed by atoms with Crippen LogP contribution in [0, 0.1) is 12.8 Å². The van der Waals surface area contributed by atoms with Crippen LogP contribution in [0.5, 0.6) is 0 Å². The first-order valence-corrected chi connectivity index (χ1v) is 9.81. The van der Waals surface area contributed by atoms with Crippen LogP contribution in [0.4, 0.5) is 5.69 Å². The number of likely N-dealkylation sites (N-methyl/N-ethyl adjacent to an activating group) is 1. The molecular formula is C19H29BrN3O2+. The largest absolute Gasteiger partial charge is 0.348 e. The van der Waals surface area contributed by atoms with Crippen LogP contribution in [-0.2, 0) is 9.59 Å². The molecule has 3 atom stereocenters. The number of quaternary nitrogens is 1. The van der Waals surface area contributed by atoms with Crippen molar-refractivity contribution >= 4 is 33.4 Å². The number of carbonyl (C=O) groups excluding carboxylic acids is 2. The summed E-state index contributed by atoms with van der Waals surface area (Å²) in [6, 6.07) is 6.03. The predicted molar refractivity (Wildman–Crippen MR) is 104 cm³/mol. The average Bonchev–Trinajstić information content (AvgIpc) is 2.52. The van der Waals surface area contributed by atoms with Gasteiger partial charge in [0.05, 0.1) is 7.05 Å². The third kappa shape index (κ3) is 6.44. The Hall–Kier alpha value is -1.40. The van der Waals surface area contributed by atoms with Crippen molar-refractivity contribution in [3.63, 3.8) is 0 Å². The van der Waals surface area contributed by atoms with Crippen LogP contribution < -0.4 is 15.5 Å². The van der Waals surface area contributed by atoms with Gasteiger partial charge in [0.1, 0.15) is 0 Å². The highest BCUT2D eigenvalue weighted by atomic mass is 79.9. The average molecular weight is 411 g/mol. The van der Waals surface area contributed by atoms with Crippen molar-refractivity contribution in [2.45, 2.75) is 45.6 Å². The third-order valence-electron chi connectivity index (χ3n) is 4.85. The van der Waals surface area contributed by atoms with Crippen molar-refractivity contribution < 1.29 is 14.5 Å². The molecule has 6 heteroatoms. The second kappa shape index (κ2) is 9.34. The van der Waals surface area contributed by atoms with E-state index in [0.717, 1.165) is 27.0 Å². The van der Waals surface area contributed by atoms with Crippen molar-refractivity contribution in [2.75, 3.05) is 25.5 Å². The summed E-state index contributed by atoms with van der Waals surface area (Å²) in [6.45, 7) is 4.74. The van der Waals surface area contributed by atoms with Crippen LogP contribution in [0.2, 0.25) is 0 Å². The van der Waals surface area contributed by atoms with Crippen LogP contribution >= 0.6 is 15.9 Å². The Balaban J connectivity index is 1.77. The molecule has 2 amide bonds. The van der Waals surface area contributed by atoms with Gasteiger partial charge in [-0.25, -0.2) is 0 Å². The molecule has 0 aromatic heterocycles. The van der Waals surface area contributed by atoms with Gasteiger partial charge in [-0.05, 0) is 49.4 Å². The molecule has 1 fully saturated rings. The highest BCUT2D eigenvalue weighted by molar-refractivity contribution is 9.10. The number of amides is 2. The first-order valence-electron chi connectivity index (χ1n) is 9.02. The predicted octanol–water partition coefficient (Wildman–Crippen LogP) is 1.91. The first-order chi connectivity index (χ1) is 11.8. The molecule has 1 unspecified atom stereocenters. The molecule has 0 spiro atoms. The molecule has 3 N–H and O–H groups in total. The number of anilines is 1. The SMILES string of the molecule is Cc1cc(Br)ccc1NC(=O)C[NH+](C)CC(=O)N[C@H]1CCCC[C@@H]1C. The molecule has 1 aliphatic rings. The quantitative estimate of drug-likeness (QED) is 0.670. The van der Waals surface area contributed by atoms with E-state index in [4.69, 9.17) is 0 Å². The zero-order valence-corrected chi connectivity index (χ0v) is 16.9. The molecule has 0 bridgehead atoms. The number of benzene rings is 1. The lowest BCUT2D eigenvalue weighted by Gasteiger charge is -2.29. The molecule has 1 aromatic carbocycles. The van der Waals surface area contributed by atoms with Crippen molar-refractivity contribution in [1.82, 2.24) is 5.32 Å². The lowest BCUT2D eigenvalue weighted by Crippen LogP contribution is -3.11. The molecule has 0 heterocycles. The van der Waals surface area contributed by atoms with Crippen LogP contribution in [-0.4, -0.2) is 38.0 Å². The van der Waals surface area contributed by atoms with E-state index in [9.17, 15) is 9.59 Å². The van der Waals surface area contributed by atoms with Gasteiger partial charge < -0.3 is 15.5 Å². The van der Waals surface area contributed by atoms with Gasteiger partial charge in [0.25, 0.3) is 11.8 Å². The van der Waals surface area contributed by atoms with Gasteiger partial charge in [-0.15, -0.1) is 0 Å². The number of rotatable bonds is 6. The Kier molecular flexibility index (Phi) is 7.44. The first kappa shape index (κ1) is 19.9. The standard InChI is InChI=1S/C19H28BrN3O2/c1-13-6-4-5-7-16(13)21-18(24)11-23(3)12-19(25)22-17-9-8-15(20)10-14(17)2/h8-10,13,16H,4-7,11-12H2,1-3H3,(H,21,24)(H,22,25)/p+1/t13-,16-/m0/s1. The van der Waals surface area contributed by atoms with Crippen LogP contribution in [0.15, 0.2) is 22.7 Å². The molecule has 0 aliphatic heterocycles. The fraction of sp³-hybridized carbons (Fsp3) is 0.579. The molecule has 1 aromatic rings. The summed E-state index contributed by atoms with van der Waals surface area (Å²) >= 11 is 3.41. The van der Waals surface area contributed by atoms with Crippen molar-refractivity contribution in [2.24, 2.45) is 5.92 Å². The summed E-state index contributed by atoms with van der Waals surface area (Å²) in [4.78, 5) is 25.3. The van der Waals surface area contributed by atoms with Crippen molar-refractivity contribution in [3.8, 4) is 0 Å². The highest BCUT2D eigenvalue weighted by Crippen LogP contribution is 2.23. The number of aryl methyl sites for hydroxylation is 1. The Morgan fingerprint density at radius 1 is 1.20 bits per heavy atom. The second-order valence-corrected chi connectivity index (χ2v) is 8.17. The van der Waals surface area contributed by atoms with E-state index >= 15 is 0 Å². The topological polar surface area (TPSA) is 62.6 Å². The van der Waals surface area contributed by atoms with Gasteiger partial charge in [0, 0.05) is 16.2 Å². The minimum Gasteiger partial charge on any atom is -0.348 e. The molecule has 1 aliphatic carbocycles. The monoisotopic (exact) mass is 410 g/mol. The van der Waals surface area contributed by atoms with E-state index in [-0.39, 0.29) is 24.4 Å². The van der Waals surface area contributed by atoms with Crippen molar-refractivity contribution in [3.05, 3.63) is 28.2 Å². The summed E-state index contributed by atoms with van der Waals surface area (Å²) in [5.41, 5.74) is 1.81. The third-order valence-corrected chi connectivity index (χ3v) is 5.34. The minimum atomic E-state index is -0.0817. The Morgan fingerprint density at radius 3 is 2.56 bits per heavy atom. The summed E-state index contributed by atoms with van der Waals surface area (Å²) in [6.07, 6.45) is 4.69. The number of hydrogen-bond donors (Lipinski definition) is 3. The van der Waals surface area contributed by atoms with Gasteiger partial charge in [-0.3, -0.25) is 9.59 Å². The molecule has 25 heavy (non-hydrogen) atoms. The molecule has 2 rings (SSSR count). The molecule has 5 nitrogen and oxygen atoms in total. The lowest BCUT2D eigenvalue weighted by molar-refractivity contribution is -0.862. The van der Waals surface area contributed by atoms with E-state index < -0.39 is 0 Å².